The predicted octanol–water partition coefficient (Wildman–Crippen LogP) is 3.12. The van der Waals surface area contributed by atoms with Crippen molar-refractivity contribution in [3.63, 3.8) is 0 Å². The van der Waals surface area contributed by atoms with Gasteiger partial charge in [-0.05, 0) is 52.4 Å². The second-order valence-corrected chi connectivity index (χ2v) is 6.45. The molecule has 1 aromatic rings. The Morgan fingerprint density at radius 3 is 2.68 bits per heavy atom. The third-order valence-electron chi connectivity index (χ3n) is 4.86. The summed E-state index contributed by atoms with van der Waals surface area (Å²) in [5, 5.41) is 4.65. The lowest BCUT2D eigenvalue weighted by molar-refractivity contribution is 0.353. The van der Waals surface area contributed by atoms with Crippen LogP contribution in [0.3, 0.4) is 0 Å². The standard InChI is InChI=1S/C15H26N4/c1-10(2)19-15(14(16)11(3)17-19)18-9-5-7-12-6-4-8-13(12)18/h10,12-13H,4-9,16H2,1-3H3. The fourth-order valence-corrected chi connectivity index (χ4v) is 3.91. The van der Waals surface area contributed by atoms with E-state index in [0.717, 1.165) is 23.8 Å². The van der Waals surface area contributed by atoms with Crippen molar-refractivity contribution in [3.05, 3.63) is 5.69 Å². The second kappa shape index (κ2) is 4.73. The molecule has 0 aromatic carbocycles. The molecule has 2 N–H and O–H groups in total. The first kappa shape index (κ1) is 12.8. The molecule has 4 nitrogen and oxygen atoms in total. The monoisotopic (exact) mass is 262 g/mol. The summed E-state index contributed by atoms with van der Waals surface area (Å²) in [5.41, 5.74) is 8.20. The molecule has 1 aliphatic carbocycles. The van der Waals surface area contributed by atoms with Crippen molar-refractivity contribution in [2.75, 3.05) is 17.2 Å². The van der Waals surface area contributed by atoms with E-state index in [1.54, 1.807) is 0 Å². The van der Waals surface area contributed by atoms with Crippen molar-refractivity contribution in [1.82, 2.24) is 9.78 Å². The molecule has 1 saturated heterocycles. The van der Waals surface area contributed by atoms with Gasteiger partial charge in [-0.25, -0.2) is 4.68 Å². The molecule has 0 bridgehead atoms. The molecule has 4 heteroatoms. The van der Waals surface area contributed by atoms with Crippen molar-refractivity contribution in [2.24, 2.45) is 5.92 Å². The van der Waals surface area contributed by atoms with Crippen LogP contribution in [0.2, 0.25) is 0 Å². The third-order valence-corrected chi connectivity index (χ3v) is 4.86. The predicted molar refractivity (Wildman–Crippen MR) is 79.5 cm³/mol. The van der Waals surface area contributed by atoms with Crippen LogP contribution in [0.15, 0.2) is 0 Å². The van der Waals surface area contributed by atoms with Crippen molar-refractivity contribution in [1.29, 1.82) is 0 Å². The minimum Gasteiger partial charge on any atom is -0.394 e. The molecule has 19 heavy (non-hydrogen) atoms. The van der Waals surface area contributed by atoms with E-state index < -0.39 is 0 Å². The Labute approximate surface area is 116 Å². The van der Waals surface area contributed by atoms with Crippen molar-refractivity contribution in [3.8, 4) is 0 Å². The molecular weight excluding hydrogens is 236 g/mol. The Morgan fingerprint density at radius 2 is 1.95 bits per heavy atom. The Morgan fingerprint density at radius 1 is 1.21 bits per heavy atom. The van der Waals surface area contributed by atoms with Gasteiger partial charge in [0.15, 0.2) is 5.82 Å². The molecule has 3 rings (SSSR count). The van der Waals surface area contributed by atoms with Crippen molar-refractivity contribution < 1.29 is 0 Å². The number of aryl methyl sites for hydroxylation is 1. The quantitative estimate of drug-likeness (QED) is 0.890. The minimum atomic E-state index is 0.368. The molecule has 1 aromatic heterocycles. The van der Waals surface area contributed by atoms with Crippen LogP contribution in [0.5, 0.6) is 0 Å². The Kier molecular flexibility index (Phi) is 3.19. The Bertz CT molecular complexity index is 463. The number of aromatic nitrogens is 2. The van der Waals surface area contributed by atoms with Crippen LogP contribution in [0, 0.1) is 12.8 Å². The van der Waals surface area contributed by atoms with Gasteiger partial charge in [-0.15, -0.1) is 0 Å². The van der Waals surface area contributed by atoms with E-state index in [1.807, 2.05) is 6.92 Å². The van der Waals surface area contributed by atoms with Crippen molar-refractivity contribution >= 4 is 11.5 Å². The van der Waals surface area contributed by atoms with Gasteiger partial charge in [0.05, 0.1) is 11.4 Å². The minimum absolute atomic E-state index is 0.368. The van der Waals surface area contributed by atoms with E-state index in [2.05, 4.69) is 28.5 Å². The first-order valence-corrected chi connectivity index (χ1v) is 7.70. The summed E-state index contributed by atoms with van der Waals surface area (Å²) < 4.78 is 2.13. The molecule has 0 spiro atoms. The van der Waals surface area contributed by atoms with Gasteiger partial charge in [0.2, 0.25) is 0 Å². The number of rotatable bonds is 2. The Balaban J connectivity index is 2.00. The van der Waals surface area contributed by atoms with Gasteiger partial charge in [-0.2, -0.15) is 5.10 Å². The van der Waals surface area contributed by atoms with Crippen LogP contribution in [-0.2, 0) is 0 Å². The molecule has 106 valence electrons. The lowest BCUT2D eigenvalue weighted by Crippen LogP contribution is -2.44. The van der Waals surface area contributed by atoms with E-state index in [-0.39, 0.29) is 0 Å². The summed E-state index contributed by atoms with van der Waals surface area (Å²) in [6.07, 6.45) is 6.79. The number of fused-ring (bicyclic) bond motifs is 1. The smallest absolute Gasteiger partial charge is 0.151 e. The van der Waals surface area contributed by atoms with Gasteiger partial charge in [-0.1, -0.05) is 6.42 Å². The van der Waals surface area contributed by atoms with Gasteiger partial charge in [-0.3, -0.25) is 0 Å². The molecular formula is C15H26N4. The molecule has 0 radical (unpaired) electrons. The molecule has 2 atom stereocenters. The number of nitrogens with two attached hydrogens (primary N) is 1. The number of nitrogens with zero attached hydrogens (tertiary/aromatic N) is 3. The first-order chi connectivity index (χ1) is 9.09. The first-order valence-electron chi connectivity index (χ1n) is 7.70. The second-order valence-electron chi connectivity index (χ2n) is 6.45. The lowest BCUT2D eigenvalue weighted by atomic mass is 9.92. The zero-order chi connectivity index (χ0) is 13.6. The molecule has 1 aliphatic heterocycles. The SMILES string of the molecule is Cc1nn(C(C)C)c(N2CCCC3CCCC32)c1N. The molecule has 2 aliphatic rings. The van der Waals surface area contributed by atoms with Gasteiger partial charge < -0.3 is 10.6 Å². The molecule has 0 amide bonds. The van der Waals surface area contributed by atoms with Crippen LogP contribution in [0.4, 0.5) is 11.5 Å². The van der Waals surface area contributed by atoms with Gasteiger partial charge >= 0.3 is 0 Å². The van der Waals surface area contributed by atoms with E-state index >= 15 is 0 Å². The van der Waals surface area contributed by atoms with Crippen LogP contribution < -0.4 is 10.6 Å². The van der Waals surface area contributed by atoms with E-state index in [9.17, 15) is 0 Å². The van der Waals surface area contributed by atoms with Gasteiger partial charge in [0, 0.05) is 18.6 Å². The number of anilines is 2. The Hall–Kier alpha value is -1.19. The summed E-state index contributed by atoms with van der Waals surface area (Å²) in [5.74, 6) is 2.06. The zero-order valence-corrected chi connectivity index (χ0v) is 12.4. The molecule has 2 unspecified atom stereocenters. The third kappa shape index (κ3) is 2.01. The average molecular weight is 262 g/mol. The van der Waals surface area contributed by atoms with E-state index in [1.165, 1.54) is 37.9 Å². The van der Waals surface area contributed by atoms with Crippen LogP contribution in [0.1, 0.15) is 57.7 Å². The van der Waals surface area contributed by atoms with E-state index in [0.29, 0.717) is 12.1 Å². The summed E-state index contributed by atoms with van der Waals surface area (Å²) >= 11 is 0. The summed E-state index contributed by atoms with van der Waals surface area (Å²) in [6.45, 7) is 7.54. The molecule has 2 heterocycles. The maximum atomic E-state index is 6.33. The summed E-state index contributed by atoms with van der Waals surface area (Å²) in [6, 6.07) is 1.07. The van der Waals surface area contributed by atoms with Crippen LogP contribution in [-0.4, -0.2) is 22.4 Å². The fourth-order valence-electron chi connectivity index (χ4n) is 3.91. The number of hydrogen-bond acceptors (Lipinski definition) is 3. The van der Waals surface area contributed by atoms with Gasteiger partial charge in [0.1, 0.15) is 0 Å². The zero-order valence-electron chi connectivity index (χ0n) is 12.4. The topological polar surface area (TPSA) is 47.1 Å². The average Bonchev–Trinajstić information content (AvgIpc) is 2.95. The van der Waals surface area contributed by atoms with Gasteiger partial charge in [0.25, 0.3) is 0 Å². The fraction of sp³-hybridized carbons (Fsp3) is 0.800. The van der Waals surface area contributed by atoms with Crippen LogP contribution >= 0.6 is 0 Å². The lowest BCUT2D eigenvalue weighted by Gasteiger charge is -2.40. The van der Waals surface area contributed by atoms with E-state index in [4.69, 9.17) is 5.73 Å². The largest absolute Gasteiger partial charge is 0.394 e. The highest BCUT2D eigenvalue weighted by atomic mass is 15.4. The number of piperidine rings is 1. The molecule has 2 fully saturated rings. The molecule has 1 saturated carbocycles. The summed E-state index contributed by atoms with van der Waals surface area (Å²) in [7, 11) is 0. The number of nitrogen functional groups attached to an aromatic ring is 1. The highest BCUT2D eigenvalue weighted by Gasteiger charge is 2.37. The normalized spacial score (nSPS) is 27.1. The summed E-state index contributed by atoms with van der Waals surface area (Å²) in [4.78, 5) is 2.57. The highest BCUT2D eigenvalue weighted by Crippen LogP contribution is 2.41. The van der Waals surface area contributed by atoms with Crippen molar-refractivity contribution in [2.45, 2.75) is 65.0 Å². The number of hydrogen-bond donors (Lipinski definition) is 1. The van der Waals surface area contributed by atoms with Crippen LogP contribution in [0.25, 0.3) is 0 Å². The maximum Gasteiger partial charge on any atom is 0.151 e. The highest BCUT2D eigenvalue weighted by molar-refractivity contribution is 5.67. The maximum absolute atomic E-state index is 6.33.